The van der Waals surface area contributed by atoms with Crippen molar-refractivity contribution < 1.29 is 8.78 Å². The number of rotatable bonds is 1. The summed E-state index contributed by atoms with van der Waals surface area (Å²) in [5.74, 6) is 3.79. The van der Waals surface area contributed by atoms with E-state index in [0.29, 0.717) is 0 Å². The lowest BCUT2D eigenvalue weighted by Crippen LogP contribution is -2.34. The van der Waals surface area contributed by atoms with Gasteiger partial charge in [-0.1, -0.05) is 0 Å². The van der Waals surface area contributed by atoms with E-state index in [0.717, 1.165) is 18.2 Å². The molecule has 0 unspecified atom stereocenters. The maximum Gasteiger partial charge on any atom is 0.185 e. The fraction of sp³-hybridized carbons (Fsp3) is 0. The van der Waals surface area contributed by atoms with E-state index in [1.807, 2.05) is 0 Å². The Balaban J connectivity index is 2.87. The zero-order valence-corrected chi connectivity index (χ0v) is 7.29. The van der Waals surface area contributed by atoms with Crippen molar-refractivity contribution in [2.24, 2.45) is 5.84 Å². The van der Waals surface area contributed by atoms with Crippen molar-refractivity contribution in [2.45, 2.75) is 0 Å². The Morgan fingerprint density at radius 2 is 2.08 bits per heavy atom. The minimum Gasteiger partial charge on any atom is -0.329 e. The summed E-state index contributed by atoms with van der Waals surface area (Å²) < 4.78 is 25.5. The van der Waals surface area contributed by atoms with Crippen LogP contribution in [-0.2, 0) is 0 Å². The molecule has 6 heteroatoms. The third-order valence-corrected chi connectivity index (χ3v) is 1.53. The summed E-state index contributed by atoms with van der Waals surface area (Å²) >= 11 is 4.60. The Morgan fingerprint density at radius 1 is 1.38 bits per heavy atom. The molecule has 0 spiro atoms. The number of hydrazine groups is 1. The van der Waals surface area contributed by atoms with E-state index in [-0.39, 0.29) is 10.8 Å². The number of nitrogens with two attached hydrogens (primary N) is 1. The Bertz CT molecular complexity index is 330. The van der Waals surface area contributed by atoms with Gasteiger partial charge in [0.05, 0.1) is 5.69 Å². The Hall–Kier alpha value is -1.27. The van der Waals surface area contributed by atoms with E-state index in [1.54, 1.807) is 0 Å². The predicted molar refractivity (Wildman–Crippen MR) is 49.9 cm³/mol. The summed E-state index contributed by atoms with van der Waals surface area (Å²) in [6, 6.07) is 3.00. The first-order valence-corrected chi connectivity index (χ1v) is 3.77. The summed E-state index contributed by atoms with van der Waals surface area (Å²) in [5, 5.41) is 2.40. The molecule has 0 aliphatic carbocycles. The van der Waals surface area contributed by atoms with E-state index in [4.69, 9.17) is 5.84 Å². The highest BCUT2D eigenvalue weighted by atomic mass is 32.1. The van der Waals surface area contributed by atoms with Gasteiger partial charge in [0.25, 0.3) is 0 Å². The number of hydrogen-bond acceptors (Lipinski definition) is 2. The van der Waals surface area contributed by atoms with Gasteiger partial charge in [0.2, 0.25) is 0 Å². The first-order chi connectivity index (χ1) is 6.13. The van der Waals surface area contributed by atoms with Crippen molar-refractivity contribution in [2.75, 3.05) is 5.32 Å². The second-order valence-corrected chi connectivity index (χ2v) is 2.63. The van der Waals surface area contributed by atoms with Crippen LogP contribution in [0.2, 0.25) is 0 Å². The van der Waals surface area contributed by atoms with Crippen molar-refractivity contribution in [3.8, 4) is 0 Å². The van der Waals surface area contributed by atoms with Crippen molar-refractivity contribution >= 4 is 23.0 Å². The van der Waals surface area contributed by atoms with E-state index in [1.165, 1.54) is 0 Å². The molecule has 70 valence electrons. The largest absolute Gasteiger partial charge is 0.329 e. The van der Waals surface area contributed by atoms with Crippen LogP contribution in [0.4, 0.5) is 14.5 Å². The van der Waals surface area contributed by atoms with Crippen LogP contribution in [0.25, 0.3) is 0 Å². The normalized spacial score (nSPS) is 9.46. The molecule has 1 rings (SSSR count). The first kappa shape index (κ1) is 9.82. The second kappa shape index (κ2) is 4.11. The summed E-state index contributed by atoms with van der Waals surface area (Å²) in [5.41, 5.74) is 2.04. The van der Waals surface area contributed by atoms with Gasteiger partial charge in [0.15, 0.2) is 5.11 Å². The van der Waals surface area contributed by atoms with Crippen LogP contribution in [0.15, 0.2) is 18.2 Å². The van der Waals surface area contributed by atoms with E-state index >= 15 is 0 Å². The van der Waals surface area contributed by atoms with Crippen LogP contribution in [-0.4, -0.2) is 5.11 Å². The van der Waals surface area contributed by atoms with Crippen LogP contribution in [0.1, 0.15) is 0 Å². The molecule has 0 bridgehead atoms. The number of hydrogen-bond donors (Lipinski definition) is 3. The number of halogens is 2. The van der Waals surface area contributed by atoms with Crippen molar-refractivity contribution in [3.05, 3.63) is 29.8 Å². The maximum absolute atomic E-state index is 12.9. The van der Waals surface area contributed by atoms with Crippen LogP contribution >= 0.6 is 12.2 Å². The highest BCUT2D eigenvalue weighted by Crippen LogP contribution is 2.14. The molecule has 0 radical (unpaired) electrons. The minimum atomic E-state index is -0.598. The molecule has 1 aromatic rings. The van der Waals surface area contributed by atoms with Crippen LogP contribution in [0.5, 0.6) is 0 Å². The smallest absolute Gasteiger partial charge is 0.185 e. The van der Waals surface area contributed by atoms with Crippen LogP contribution in [0, 0.1) is 11.6 Å². The number of thiocarbonyl (C=S) groups is 1. The fourth-order valence-corrected chi connectivity index (χ4v) is 0.862. The topological polar surface area (TPSA) is 50.1 Å². The number of nitrogens with one attached hydrogen (secondary N) is 2. The molecule has 4 N–H and O–H groups in total. The van der Waals surface area contributed by atoms with Crippen LogP contribution in [0.3, 0.4) is 0 Å². The van der Waals surface area contributed by atoms with E-state index < -0.39 is 11.6 Å². The minimum absolute atomic E-state index is 0.0181. The van der Waals surface area contributed by atoms with Gasteiger partial charge in [0.1, 0.15) is 11.6 Å². The molecule has 13 heavy (non-hydrogen) atoms. The highest BCUT2D eigenvalue weighted by Gasteiger charge is 2.04. The first-order valence-electron chi connectivity index (χ1n) is 3.36. The molecule has 0 aromatic heterocycles. The van der Waals surface area contributed by atoms with Gasteiger partial charge in [-0.05, 0) is 24.4 Å². The summed E-state index contributed by atoms with van der Waals surface area (Å²) in [6.07, 6.45) is 0. The van der Waals surface area contributed by atoms with E-state index in [9.17, 15) is 8.78 Å². The Labute approximate surface area is 78.9 Å². The second-order valence-electron chi connectivity index (χ2n) is 2.22. The number of benzene rings is 1. The monoisotopic (exact) mass is 203 g/mol. The van der Waals surface area contributed by atoms with Crippen molar-refractivity contribution in [3.63, 3.8) is 0 Å². The molecule has 3 nitrogen and oxygen atoms in total. The van der Waals surface area contributed by atoms with Gasteiger partial charge in [0, 0.05) is 6.07 Å². The van der Waals surface area contributed by atoms with Crippen LogP contribution < -0.4 is 16.6 Å². The maximum atomic E-state index is 12.9. The summed E-state index contributed by atoms with van der Waals surface area (Å²) in [7, 11) is 0. The molecular formula is C7H7F2N3S. The van der Waals surface area contributed by atoms with Crippen molar-refractivity contribution in [1.82, 2.24) is 5.43 Å². The molecule has 0 aliphatic heterocycles. The average Bonchev–Trinajstić information content (AvgIpc) is 2.11. The lowest BCUT2D eigenvalue weighted by molar-refractivity contribution is 0.604. The standard InChI is InChI=1S/C7H7F2N3S/c8-4-1-2-5(9)6(3-4)11-7(13)12-10/h1-3H,10H2,(H2,11,12,13). The fourth-order valence-electron chi connectivity index (χ4n) is 0.752. The Kier molecular flexibility index (Phi) is 3.10. The zero-order valence-electron chi connectivity index (χ0n) is 6.47. The van der Waals surface area contributed by atoms with Gasteiger partial charge in [-0.25, -0.2) is 14.6 Å². The third kappa shape index (κ3) is 2.60. The summed E-state index contributed by atoms with van der Waals surface area (Å²) in [4.78, 5) is 0. The molecule has 0 fully saturated rings. The van der Waals surface area contributed by atoms with Gasteiger partial charge < -0.3 is 10.7 Å². The lowest BCUT2D eigenvalue weighted by Gasteiger charge is -2.07. The highest BCUT2D eigenvalue weighted by molar-refractivity contribution is 7.80. The zero-order chi connectivity index (χ0) is 9.84. The van der Waals surface area contributed by atoms with Gasteiger partial charge in [-0.2, -0.15) is 0 Å². The summed E-state index contributed by atoms with van der Waals surface area (Å²) in [6.45, 7) is 0. The Morgan fingerprint density at radius 3 is 2.69 bits per heavy atom. The van der Waals surface area contributed by atoms with E-state index in [2.05, 4.69) is 23.0 Å². The molecule has 0 saturated heterocycles. The van der Waals surface area contributed by atoms with Gasteiger partial charge in [-0.3, -0.25) is 0 Å². The molecule has 0 atom stereocenters. The molecular weight excluding hydrogens is 196 g/mol. The predicted octanol–water partition coefficient (Wildman–Crippen LogP) is 1.12. The third-order valence-electron chi connectivity index (χ3n) is 1.31. The average molecular weight is 203 g/mol. The van der Waals surface area contributed by atoms with Gasteiger partial charge in [-0.15, -0.1) is 0 Å². The van der Waals surface area contributed by atoms with Gasteiger partial charge >= 0.3 is 0 Å². The molecule has 1 aromatic carbocycles. The lowest BCUT2D eigenvalue weighted by atomic mass is 10.3. The molecule has 0 heterocycles. The molecule has 0 saturated carbocycles. The number of anilines is 1. The quantitative estimate of drug-likeness (QED) is 0.364. The van der Waals surface area contributed by atoms with Crippen molar-refractivity contribution in [1.29, 1.82) is 0 Å². The SMILES string of the molecule is NNC(=S)Nc1cc(F)ccc1F. The molecule has 0 amide bonds. The molecule has 0 aliphatic rings.